The summed E-state index contributed by atoms with van der Waals surface area (Å²) in [5, 5.41) is 16.4. The fourth-order valence-electron chi connectivity index (χ4n) is 3.22. The second kappa shape index (κ2) is 11.1. The number of carbonyl (C=O) groups is 1. The van der Waals surface area contributed by atoms with Crippen LogP contribution in [0.1, 0.15) is 45.0 Å². The number of nitrogens with zero attached hydrogens (tertiary/aromatic N) is 4. The van der Waals surface area contributed by atoms with Crippen LogP contribution in [0.15, 0.2) is 49.2 Å². The van der Waals surface area contributed by atoms with Crippen molar-refractivity contribution in [3.05, 3.63) is 71.1 Å². The van der Waals surface area contributed by atoms with E-state index in [9.17, 15) is 19.7 Å². The highest BCUT2D eigenvalue weighted by atomic mass is 79.9. The lowest BCUT2D eigenvalue weighted by molar-refractivity contribution is -0.386. The maximum atomic E-state index is 13.3. The SMILES string of the molecule is CCOC(=O)[C@@H](C)Oc1c(C=Nn2c(C(C)C)nc3ccc(Br)cc3c2=O)cc(Br)cc1[N+](=O)[O-]. The summed E-state index contributed by atoms with van der Waals surface area (Å²) in [5.41, 5.74) is -0.0750. The van der Waals surface area contributed by atoms with E-state index in [-0.39, 0.29) is 29.5 Å². The maximum absolute atomic E-state index is 13.3. The highest BCUT2D eigenvalue weighted by Gasteiger charge is 2.26. The summed E-state index contributed by atoms with van der Waals surface area (Å²) in [6.45, 7) is 6.95. The average Bonchev–Trinajstić information content (AvgIpc) is 2.79. The van der Waals surface area contributed by atoms with Crippen LogP contribution in [0.25, 0.3) is 10.9 Å². The van der Waals surface area contributed by atoms with Crippen molar-refractivity contribution in [1.29, 1.82) is 0 Å². The topological polar surface area (TPSA) is 126 Å². The minimum atomic E-state index is -1.12. The van der Waals surface area contributed by atoms with E-state index in [1.54, 1.807) is 25.1 Å². The molecule has 0 radical (unpaired) electrons. The van der Waals surface area contributed by atoms with Gasteiger partial charge in [0, 0.05) is 26.5 Å². The number of nitro benzene ring substituents is 1. The molecule has 1 atom stereocenters. The molecule has 3 rings (SSSR count). The molecule has 0 bridgehead atoms. The number of benzene rings is 2. The molecule has 0 aliphatic rings. The van der Waals surface area contributed by atoms with Gasteiger partial charge in [-0.3, -0.25) is 14.9 Å². The summed E-state index contributed by atoms with van der Waals surface area (Å²) in [6, 6.07) is 7.98. The van der Waals surface area contributed by atoms with Gasteiger partial charge in [-0.05, 0) is 38.1 Å². The van der Waals surface area contributed by atoms with Gasteiger partial charge in [0.1, 0.15) is 5.82 Å². The third-order valence-corrected chi connectivity index (χ3v) is 5.79. The number of aromatic nitrogens is 2. The van der Waals surface area contributed by atoms with Crippen LogP contribution in [0.4, 0.5) is 5.69 Å². The van der Waals surface area contributed by atoms with Crippen molar-refractivity contribution in [2.24, 2.45) is 5.10 Å². The zero-order valence-corrected chi connectivity index (χ0v) is 22.5. The Morgan fingerprint density at radius 2 is 1.94 bits per heavy atom. The molecule has 1 heterocycles. The number of rotatable bonds is 8. The summed E-state index contributed by atoms with van der Waals surface area (Å²) in [6.07, 6.45) is 0.152. The van der Waals surface area contributed by atoms with E-state index in [2.05, 4.69) is 41.9 Å². The van der Waals surface area contributed by atoms with Crippen LogP contribution in [0.5, 0.6) is 5.75 Å². The minimum absolute atomic E-state index is 0.134. The zero-order valence-electron chi connectivity index (χ0n) is 19.3. The lowest BCUT2D eigenvalue weighted by Gasteiger charge is -2.16. The van der Waals surface area contributed by atoms with Gasteiger partial charge in [0.15, 0.2) is 6.10 Å². The van der Waals surface area contributed by atoms with E-state index >= 15 is 0 Å². The molecule has 2 aromatic carbocycles. The van der Waals surface area contributed by atoms with Gasteiger partial charge in [-0.2, -0.15) is 9.78 Å². The predicted molar refractivity (Wildman–Crippen MR) is 138 cm³/mol. The Bertz CT molecular complexity index is 1390. The largest absolute Gasteiger partial charge is 0.471 e. The van der Waals surface area contributed by atoms with Crippen molar-refractivity contribution in [1.82, 2.24) is 9.66 Å². The Labute approximate surface area is 217 Å². The standard InChI is InChI=1S/C23H22Br2N4O6/c1-5-34-23(31)13(4)35-20-14(8-16(25)10-19(20)29(32)33)11-26-28-21(12(2)3)27-18-7-6-15(24)9-17(18)22(28)30/h6-13H,5H2,1-4H3/t13-/m1/s1. The first kappa shape index (κ1) is 26.5. The Kier molecular flexibility index (Phi) is 8.39. The van der Waals surface area contributed by atoms with Crippen LogP contribution in [-0.2, 0) is 9.53 Å². The number of nitro groups is 1. The number of carbonyl (C=O) groups excluding carboxylic acids is 1. The predicted octanol–water partition coefficient (Wildman–Crippen LogP) is 5.17. The molecule has 0 unspecified atom stereocenters. The second-order valence-electron chi connectivity index (χ2n) is 7.76. The lowest BCUT2D eigenvalue weighted by atomic mass is 10.1. The van der Waals surface area contributed by atoms with Crippen LogP contribution in [0.3, 0.4) is 0 Å². The van der Waals surface area contributed by atoms with Crippen molar-refractivity contribution in [2.75, 3.05) is 6.61 Å². The van der Waals surface area contributed by atoms with E-state index in [0.29, 0.717) is 25.7 Å². The first-order valence-electron chi connectivity index (χ1n) is 10.6. The normalized spacial score (nSPS) is 12.3. The number of esters is 1. The zero-order chi connectivity index (χ0) is 25.9. The van der Waals surface area contributed by atoms with E-state index in [4.69, 9.17) is 9.47 Å². The summed E-state index contributed by atoms with van der Waals surface area (Å²) >= 11 is 6.62. The van der Waals surface area contributed by atoms with Crippen LogP contribution in [0.2, 0.25) is 0 Å². The molecule has 35 heavy (non-hydrogen) atoms. The number of hydrogen-bond acceptors (Lipinski definition) is 8. The van der Waals surface area contributed by atoms with E-state index in [0.717, 1.165) is 4.68 Å². The van der Waals surface area contributed by atoms with Crippen LogP contribution >= 0.6 is 31.9 Å². The molecule has 0 saturated heterocycles. The third-order valence-electron chi connectivity index (χ3n) is 4.83. The molecule has 0 fully saturated rings. The van der Waals surface area contributed by atoms with Gasteiger partial charge < -0.3 is 9.47 Å². The highest BCUT2D eigenvalue weighted by molar-refractivity contribution is 9.10. The molecule has 0 aliphatic carbocycles. The van der Waals surface area contributed by atoms with Crippen molar-refractivity contribution in [3.8, 4) is 5.75 Å². The molecule has 0 N–H and O–H groups in total. The van der Waals surface area contributed by atoms with E-state index in [1.807, 2.05) is 13.8 Å². The maximum Gasteiger partial charge on any atom is 0.347 e. The van der Waals surface area contributed by atoms with Gasteiger partial charge in [0.25, 0.3) is 5.56 Å². The summed E-state index contributed by atoms with van der Waals surface area (Å²) in [4.78, 5) is 41.0. The van der Waals surface area contributed by atoms with Gasteiger partial charge in [-0.15, -0.1) is 0 Å². The minimum Gasteiger partial charge on any atom is -0.471 e. The molecule has 0 spiro atoms. The molecule has 12 heteroatoms. The van der Waals surface area contributed by atoms with E-state index < -0.39 is 22.6 Å². The molecule has 0 amide bonds. The number of ether oxygens (including phenoxy) is 2. The van der Waals surface area contributed by atoms with Crippen molar-refractivity contribution in [2.45, 2.75) is 39.7 Å². The molecule has 0 aliphatic heterocycles. The molecular formula is C23H22Br2N4O6. The third kappa shape index (κ3) is 5.93. The fraction of sp³-hybridized carbons (Fsp3) is 0.304. The molecular weight excluding hydrogens is 588 g/mol. The van der Waals surface area contributed by atoms with Gasteiger partial charge in [0.05, 0.1) is 28.6 Å². The molecule has 10 nitrogen and oxygen atoms in total. The Morgan fingerprint density at radius 3 is 2.57 bits per heavy atom. The van der Waals surface area contributed by atoms with Gasteiger partial charge in [-0.25, -0.2) is 9.78 Å². The molecule has 1 aromatic heterocycles. The van der Waals surface area contributed by atoms with Crippen LogP contribution < -0.4 is 10.3 Å². The molecule has 0 saturated carbocycles. The van der Waals surface area contributed by atoms with Crippen molar-refractivity contribution in [3.63, 3.8) is 0 Å². The monoisotopic (exact) mass is 608 g/mol. The summed E-state index contributed by atoms with van der Waals surface area (Å²) in [5.74, 6) is -0.592. The number of fused-ring (bicyclic) bond motifs is 1. The first-order chi connectivity index (χ1) is 16.5. The summed E-state index contributed by atoms with van der Waals surface area (Å²) in [7, 11) is 0. The average molecular weight is 610 g/mol. The highest BCUT2D eigenvalue weighted by Crippen LogP contribution is 2.35. The van der Waals surface area contributed by atoms with Gasteiger partial charge in [0.2, 0.25) is 5.75 Å². The molecule has 3 aromatic rings. The number of hydrogen-bond donors (Lipinski definition) is 0. The van der Waals surface area contributed by atoms with Crippen molar-refractivity contribution >= 4 is 60.6 Å². The Balaban J connectivity index is 2.19. The first-order valence-corrected chi connectivity index (χ1v) is 12.2. The van der Waals surface area contributed by atoms with Crippen molar-refractivity contribution < 1.29 is 19.2 Å². The molecule has 184 valence electrons. The van der Waals surface area contributed by atoms with Crippen LogP contribution in [-0.4, -0.2) is 39.5 Å². The second-order valence-corrected chi connectivity index (χ2v) is 9.59. The van der Waals surface area contributed by atoms with Gasteiger partial charge in [-0.1, -0.05) is 45.7 Å². The lowest BCUT2D eigenvalue weighted by Crippen LogP contribution is -2.27. The smallest absolute Gasteiger partial charge is 0.347 e. The van der Waals surface area contributed by atoms with Gasteiger partial charge >= 0.3 is 11.7 Å². The fourth-order valence-corrected chi connectivity index (χ4v) is 4.04. The quantitative estimate of drug-likeness (QED) is 0.149. The Hall–Kier alpha value is -3.12. The Morgan fingerprint density at radius 1 is 1.23 bits per heavy atom. The van der Waals surface area contributed by atoms with E-state index in [1.165, 1.54) is 25.3 Å². The van der Waals surface area contributed by atoms with Crippen LogP contribution in [0, 0.1) is 10.1 Å². The number of halogens is 2. The summed E-state index contributed by atoms with van der Waals surface area (Å²) < 4.78 is 12.9.